The molecule has 0 atom stereocenters. The molecule has 2 aromatic carbocycles. The maximum atomic E-state index is 13.3. The molecule has 2 aromatic rings. The number of amides is 2. The molecule has 20 heavy (non-hydrogen) atoms. The Kier molecular flexibility index (Phi) is 3.79. The Morgan fingerprint density at radius 2 is 1.65 bits per heavy atom. The van der Waals surface area contributed by atoms with Crippen LogP contribution in [0, 0.1) is 17.5 Å². The summed E-state index contributed by atoms with van der Waals surface area (Å²) < 4.78 is 39.0. The first-order chi connectivity index (χ1) is 9.45. The molecular weight excluding hydrogens is 271 g/mol. The van der Waals surface area contributed by atoms with Gasteiger partial charge in [0, 0.05) is 23.5 Å². The summed E-state index contributed by atoms with van der Waals surface area (Å²) in [6, 6.07) is 6.40. The summed E-state index contributed by atoms with van der Waals surface area (Å²) in [6.45, 7) is 0. The number of halogens is 3. The van der Waals surface area contributed by atoms with Crippen LogP contribution in [0.2, 0.25) is 0 Å². The number of nitrogen functional groups attached to an aromatic ring is 1. The first kappa shape index (κ1) is 13.7. The van der Waals surface area contributed by atoms with E-state index >= 15 is 0 Å². The minimum absolute atomic E-state index is 0.353. The standard InChI is InChI=1S/C13H10F3N3O/c14-9-5-11(16)12(6-10(9)15)19-13(20)18-8-3-1-2-7(17)4-8/h1-6H,17H2,(H2,18,19,20). The van der Waals surface area contributed by atoms with Crippen LogP contribution >= 0.6 is 0 Å². The number of nitrogens with two attached hydrogens (primary N) is 1. The topological polar surface area (TPSA) is 67.1 Å². The van der Waals surface area contributed by atoms with Gasteiger partial charge in [-0.1, -0.05) is 6.07 Å². The van der Waals surface area contributed by atoms with E-state index in [0.717, 1.165) is 0 Å². The molecule has 0 unspecified atom stereocenters. The average Bonchev–Trinajstić information content (AvgIpc) is 2.36. The lowest BCUT2D eigenvalue weighted by atomic mass is 10.2. The van der Waals surface area contributed by atoms with Crippen molar-refractivity contribution in [3.63, 3.8) is 0 Å². The van der Waals surface area contributed by atoms with Gasteiger partial charge in [0.15, 0.2) is 11.6 Å². The molecule has 4 N–H and O–H groups in total. The summed E-state index contributed by atoms with van der Waals surface area (Å²) >= 11 is 0. The number of rotatable bonds is 2. The third kappa shape index (κ3) is 3.19. The molecule has 7 heteroatoms. The molecule has 0 saturated carbocycles. The molecule has 0 bridgehead atoms. The van der Waals surface area contributed by atoms with Crippen LogP contribution < -0.4 is 16.4 Å². The van der Waals surface area contributed by atoms with Crippen molar-refractivity contribution in [3.05, 3.63) is 53.8 Å². The maximum absolute atomic E-state index is 13.3. The van der Waals surface area contributed by atoms with Gasteiger partial charge in [-0.25, -0.2) is 18.0 Å². The second kappa shape index (κ2) is 5.52. The van der Waals surface area contributed by atoms with E-state index in [0.29, 0.717) is 23.5 Å². The van der Waals surface area contributed by atoms with E-state index in [4.69, 9.17) is 5.73 Å². The van der Waals surface area contributed by atoms with Crippen molar-refractivity contribution >= 4 is 23.1 Å². The van der Waals surface area contributed by atoms with E-state index in [2.05, 4.69) is 10.6 Å². The Labute approximate surface area is 112 Å². The summed E-state index contributed by atoms with van der Waals surface area (Å²) in [5, 5.41) is 4.45. The van der Waals surface area contributed by atoms with Crippen LogP contribution in [0.1, 0.15) is 0 Å². The van der Waals surface area contributed by atoms with E-state index < -0.39 is 29.2 Å². The third-order valence-electron chi connectivity index (χ3n) is 2.40. The van der Waals surface area contributed by atoms with Gasteiger partial charge in [-0.15, -0.1) is 0 Å². The van der Waals surface area contributed by atoms with E-state index in [1.54, 1.807) is 18.2 Å². The van der Waals surface area contributed by atoms with E-state index in [1.807, 2.05) is 0 Å². The number of carbonyl (C=O) groups excluding carboxylic acids is 1. The molecule has 104 valence electrons. The second-order valence-electron chi connectivity index (χ2n) is 3.95. The molecule has 0 spiro atoms. The predicted molar refractivity (Wildman–Crippen MR) is 69.8 cm³/mol. The van der Waals surface area contributed by atoms with Crippen molar-refractivity contribution in [3.8, 4) is 0 Å². The predicted octanol–water partition coefficient (Wildman–Crippen LogP) is 3.33. The number of urea groups is 1. The highest BCUT2D eigenvalue weighted by Crippen LogP contribution is 2.19. The van der Waals surface area contributed by atoms with Crippen LogP contribution in [0.4, 0.5) is 35.0 Å². The van der Waals surface area contributed by atoms with Crippen molar-refractivity contribution in [1.29, 1.82) is 0 Å². The quantitative estimate of drug-likeness (QED) is 0.584. The number of anilines is 3. The summed E-state index contributed by atoms with van der Waals surface area (Å²) in [5.74, 6) is -3.67. The Morgan fingerprint density at radius 3 is 2.35 bits per heavy atom. The molecule has 0 aliphatic rings. The zero-order chi connectivity index (χ0) is 14.7. The molecule has 0 aliphatic carbocycles. The fourth-order valence-corrected chi connectivity index (χ4v) is 1.52. The van der Waals surface area contributed by atoms with Crippen LogP contribution in [-0.2, 0) is 0 Å². The van der Waals surface area contributed by atoms with Crippen molar-refractivity contribution in [2.45, 2.75) is 0 Å². The van der Waals surface area contributed by atoms with Gasteiger partial charge >= 0.3 is 6.03 Å². The van der Waals surface area contributed by atoms with Gasteiger partial charge in [0.25, 0.3) is 0 Å². The monoisotopic (exact) mass is 281 g/mol. The molecular formula is C13H10F3N3O. The minimum Gasteiger partial charge on any atom is -0.399 e. The van der Waals surface area contributed by atoms with Crippen molar-refractivity contribution in [2.24, 2.45) is 0 Å². The number of benzene rings is 2. The zero-order valence-corrected chi connectivity index (χ0v) is 10.1. The van der Waals surface area contributed by atoms with Crippen LogP contribution in [-0.4, -0.2) is 6.03 Å². The van der Waals surface area contributed by atoms with Gasteiger partial charge in [-0.05, 0) is 18.2 Å². The number of hydrogen-bond acceptors (Lipinski definition) is 2. The summed E-state index contributed by atoms with van der Waals surface area (Å²) in [6.07, 6.45) is 0. The highest BCUT2D eigenvalue weighted by atomic mass is 19.2. The Balaban J connectivity index is 2.10. The van der Waals surface area contributed by atoms with Gasteiger partial charge in [0.1, 0.15) is 5.82 Å². The zero-order valence-electron chi connectivity index (χ0n) is 10.1. The lowest BCUT2D eigenvalue weighted by Crippen LogP contribution is -2.20. The molecule has 0 radical (unpaired) electrons. The van der Waals surface area contributed by atoms with Crippen molar-refractivity contribution in [1.82, 2.24) is 0 Å². The van der Waals surface area contributed by atoms with Gasteiger partial charge in [-0.2, -0.15) is 0 Å². The second-order valence-corrected chi connectivity index (χ2v) is 3.95. The number of hydrogen-bond donors (Lipinski definition) is 3. The lowest BCUT2D eigenvalue weighted by Gasteiger charge is -2.09. The molecule has 0 aromatic heterocycles. The fourth-order valence-electron chi connectivity index (χ4n) is 1.52. The van der Waals surface area contributed by atoms with E-state index in [-0.39, 0.29) is 0 Å². The van der Waals surface area contributed by atoms with Gasteiger partial charge in [0.05, 0.1) is 5.69 Å². The molecule has 0 aliphatic heterocycles. The summed E-state index contributed by atoms with van der Waals surface area (Å²) in [4.78, 5) is 11.6. The minimum atomic E-state index is -1.33. The maximum Gasteiger partial charge on any atom is 0.323 e. The first-order valence-electron chi connectivity index (χ1n) is 5.54. The van der Waals surface area contributed by atoms with Crippen LogP contribution in [0.25, 0.3) is 0 Å². The highest BCUT2D eigenvalue weighted by Gasteiger charge is 2.12. The normalized spacial score (nSPS) is 10.2. The molecule has 0 heterocycles. The average molecular weight is 281 g/mol. The van der Waals surface area contributed by atoms with Crippen molar-refractivity contribution < 1.29 is 18.0 Å². The molecule has 2 amide bonds. The summed E-state index contributed by atoms with van der Waals surface area (Å²) in [7, 11) is 0. The Hall–Kier alpha value is -2.70. The van der Waals surface area contributed by atoms with Crippen LogP contribution in [0.3, 0.4) is 0 Å². The lowest BCUT2D eigenvalue weighted by molar-refractivity contribution is 0.262. The third-order valence-corrected chi connectivity index (χ3v) is 2.40. The number of nitrogens with one attached hydrogen (secondary N) is 2. The van der Waals surface area contributed by atoms with Gasteiger partial charge in [-0.3, -0.25) is 0 Å². The Bertz CT molecular complexity index is 661. The molecule has 4 nitrogen and oxygen atoms in total. The van der Waals surface area contributed by atoms with Crippen LogP contribution in [0.15, 0.2) is 36.4 Å². The van der Waals surface area contributed by atoms with E-state index in [9.17, 15) is 18.0 Å². The van der Waals surface area contributed by atoms with Gasteiger partial charge < -0.3 is 16.4 Å². The SMILES string of the molecule is Nc1cccc(NC(=O)Nc2cc(F)c(F)cc2F)c1. The number of carbonyl (C=O) groups is 1. The first-order valence-corrected chi connectivity index (χ1v) is 5.54. The largest absolute Gasteiger partial charge is 0.399 e. The van der Waals surface area contributed by atoms with Gasteiger partial charge in [0.2, 0.25) is 0 Å². The molecule has 0 fully saturated rings. The summed E-state index contributed by atoms with van der Waals surface area (Å²) in [5.41, 5.74) is 5.87. The fraction of sp³-hybridized carbons (Fsp3) is 0. The van der Waals surface area contributed by atoms with Crippen molar-refractivity contribution in [2.75, 3.05) is 16.4 Å². The molecule has 2 rings (SSSR count). The molecule has 0 saturated heterocycles. The highest BCUT2D eigenvalue weighted by molar-refractivity contribution is 6.00. The van der Waals surface area contributed by atoms with Crippen LogP contribution in [0.5, 0.6) is 0 Å². The Morgan fingerprint density at radius 1 is 0.950 bits per heavy atom. The van der Waals surface area contributed by atoms with E-state index in [1.165, 1.54) is 6.07 Å². The smallest absolute Gasteiger partial charge is 0.323 e.